The van der Waals surface area contributed by atoms with E-state index in [1.807, 2.05) is 48.5 Å². The highest BCUT2D eigenvalue weighted by Gasteiger charge is 2.29. The van der Waals surface area contributed by atoms with Crippen LogP contribution in [0.5, 0.6) is 0 Å². The van der Waals surface area contributed by atoms with Crippen molar-refractivity contribution >= 4 is 17.6 Å². The molecule has 0 spiro atoms. The lowest BCUT2D eigenvalue weighted by atomic mass is 9.98. The van der Waals surface area contributed by atoms with Gasteiger partial charge >= 0.3 is 6.09 Å². The van der Waals surface area contributed by atoms with Crippen LogP contribution >= 0.6 is 0 Å². The van der Waals surface area contributed by atoms with E-state index in [2.05, 4.69) is 10.3 Å². The van der Waals surface area contributed by atoms with Crippen LogP contribution in [0.4, 0.5) is 16.3 Å². The topological polar surface area (TPSA) is 161 Å². The molecule has 1 aromatic heterocycles. The highest BCUT2D eigenvalue weighted by Crippen LogP contribution is 2.44. The van der Waals surface area contributed by atoms with Crippen LogP contribution in [0.2, 0.25) is 0 Å². The number of nitro groups is 1. The van der Waals surface area contributed by atoms with Crippen LogP contribution in [0.25, 0.3) is 11.1 Å². The molecule has 0 aliphatic heterocycles. The number of alkyl carbamates (subject to hydrolysis) is 1. The van der Waals surface area contributed by atoms with Crippen molar-refractivity contribution in [2.75, 3.05) is 18.9 Å². The number of aliphatic hydroxyl groups excluding tert-OH is 2. The van der Waals surface area contributed by atoms with Gasteiger partial charge in [0, 0.05) is 24.1 Å². The van der Waals surface area contributed by atoms with Gasteiger partial charge in [0.05, 0.1) is 4.92 Å². The molecule has 2 aromatic carbocycles. The minimum Gasteiger partial charge on any atom is -0.449 e. The second-order valence-electron chi connectivity index (χ2n) is 7.64. The Morgan fingerprint density at radius 3 is 2.36 bits per heavy atom. The van der Waals surface area contributed by atoms with Crippen molar-refractivity contribution in [3.63, 3.8) is 0 Å². The Morgan fingerprint density at radius 2 is 1.76 bits per heavy atom. The summed E-state index contributed by atoms with van der Waals surface area (Å²) in [6.07, 6.45) is -2.90. The molecule has 170 valence electrons. The van der Waals surface area contributed by atoms with E-state index in [1.165, 1.54) is 0 Å². The molecule has 1 aliphatic carbocycles. The Labute approximate surface area is 188 Å². The number of aliphatic hydroxyl groups is 2. The molecular weight excluding hydrogens is 428 g/mol. The molecule has 5 N–H and O–H groups in total. The number of benzene rings is 2. The normalized spacial score (nSPS) is 14.1. The Hall–Kier alpha value is -4.02. The number of rotatable bonds is 7. The van der Waals surface area contributed by atoms with Gasteiger partial charge in [-0.05, 0) is 22.3 Å². The highest BCUT2D eigenvalue weighted by atomic mass is 16.6. The summed E-state index contributed by atoms with van der Waals surface area (Å²) in [5.41, 5.74) is 9.51. The molecule has 33 heavy (non-hydrogen) atoms. The lowest BCUT2D eigenvalue weighted by molar-refractivity contribution is -0.385. The summed E-state index contributed by atoms with van der Waals surface area (Å²) in [4.78, 5) is 26.1. The number of carbonyl (C=O) groups excluding carboxylic acids is 1. The molecule has 3 aromatic rings. The average Bonchev–Trinajstić information content (AvgIpc) is 3.14. The van der Waals surface area contributed by atoms with Crippen LogP contribution in [-0.4, -0.2) is 45.5 Å². The van der Waals surface area contributed by atoms with Gasteiger partial charge in [0.2, 0.25) is 0 Å². The zero-order chi connectivity index (χ0) is 23.5. The second-order valence-corrected chi connectivity index (χ2v) is 7.64. The van der Waals surface area contributed by atoms with E-state index in [9.17, 15) is 25.1 Å². The van der Waals surface area contributed by atoms with E-state index in [0.29, 0.717) is 0 Å². The van der Waals surface area contributed by atoms with Crippen molar-refractivity contribution in [3.05, 3.63) is 87.6 Å². The Morgan fingerprint density at radius 1 is 1.15 bits per heavy atom. The quantitative estimate of drug-likeness (QED) is 0.315. The van der Waals surface area contributed by atoms with Gasteiger partial charge in [-0.1, -0.05) is 48.5 Å². The Balaban J connectivity index is 1.36. The molecule has 0 radical (unpaired) electrons. The summed E-state index contributed by atoms with van der Waals surface area (Å²) < 4.78 is 5.38. The standard InChI is InChI=1S/C23H22N4O6/c24-22-18(9-13(10-25-22)27(31)32)21(29)20(28)11-26-23(30)33-12-19-16-7-3-1-5-14(16)15-6-2-4-8-17(15)19/h1-10,19-21,28-29H,11-12H2,(H2,24,25)(H,26,30). The minimum absolute atomic E-state index is 0.0975. The van der Waals surface area contributed by atoms with Crippen LogP contribution in [0.15, 0.2) is 60.8 Å². The largest absolute Gasteiger partial charge is 0.449 e. The molecule has 2 unspecified atom stereocenters. The van der Waals surface area contributed by atoms with Crippen LogP contribution in [0, 0.1) is 10.1 Å². The summed E-state index contributed by atoms with van der Waals surface area (Å²) >= 11 is 0. The molecule has 4 rings (SSSR count). The number of fused-ring (bicyclic) bond motifs is 3. The first kappa shape index (κ1) is 22.2. The summed E-state index contributed by atoms with van der Waals surface area (Å²) in [6.45, 7) is -0.264. The maximum absolute atomic E-state index is 12.2. The highest BCUT2D eigenvalue weighted by molar-refractivity contribution is 5.79. The first-order chi connectivity index (χ1) is 15.9. The molecule has 0 saturated carbocycles. The summed E-state index contributed by atoms with van der Waals surface area (Å²) in [6, 6.07) is 16.9. The number of nitrogens with zero attached hydrogens (tertiary/aromatic N) is 2. The van der Waals surface area contributed by atoms with Gasteiger partial charge in [0.15, 0.2) is 0 Å². The smallest absolute Gasteiger partial charge is 0.407 e. The fourth-order valence-corrected chi connectivity index (χ4v) is 3.97. The first-order valence-corrected chi connectivity index (χ1v) is 10.2. The number of amides is 1. The third kappa shape index (κ3) is 4.47. The maximum atomic E-state index is 12.2. The SMILES string of the molecule is Nc1ncc([N+](=O)[O-])cc1C(O)C(O)CNC(=O)OCC1c2ccccc2-c2ccccc21. The van der Waals surface area contributed by atoms with Crippen molar-refractivity contribution in [2.45, 2.75) is 18.1 Å². The predicted molar refractivity (Wildman–Crippen MR) is 119 cm³/mol. The third-order valence-corrected chi connectivity index (χ3v) is 5.63. The van der Waals surface area contributed by atoms with Crippen LogP contribution < -0.4 is 11.1 Å². The van der Waals surface area contributed by atoms with Gasteiger partial charge in [0.1, 0.15) is 30.8 Å². The molecule has 10 heteroatoms. The number of nitrogens with two attached hydrogens (primary N) is 1. The van der Waals surface area contributed by atoms with E-state index >= 15 is 0 Å². The van der Waals surface area contributed by atoms with Gasteiger partial charge in [-0.3, -0.25) is 10.1 Å². The minimum atomic E-state index is -1.59. The number of carbonyl (C=O) groups is 1. The number of nitrogens with one attached hydrogen (secondary N) is 1. The predicted octanol–water partition coefficient (Wildman–Crippen LogP) is 2.50. The van der Waals surface area contributed by atoms with Crippen molar-refractivity contribution < 1.29 is 24.7 Å². The van der Waals surface area contributed by atoms with Crippen LogP contribution in [-0.2, 0) is 4.74 Å². The van der Waals surface area contributed by atoms with Gasteiger partial charge in [-0.2, -0.15) is 0 Å². The van der Waals surface area contributed by atoms with Gasteiger partial charge in [-0.15, -0.1) is 0 Å². The van der Waals surface area contributed by atoms with Crippen molar-refractivity contribution in [1.82, 2.24) is 10.3 Å². The molecule has 1 heterocycles. The summed E-state index contributed by atoms with van der Waals surface area (Å²) in [5.74, 6) is -0.275. The molecule has 0 fully saturated rings. The first-order valence-electron chi connectivity index (χ1n) is 10.2. The van der Waals surface area contributed by atoms with E-state index in [-0.39, 0.29) is 36.1 Å². The second kappa shape index (κ2) is 9.23. The number of aromatic nitrogens is 1. The molecule has 2 atom stereocenters. The number of nitrogen functional groups attached to an aromatic ring is 1. The molecular formula is C23H22N4O6. The number of ether oxygens (including phenoxy) is 1. The lowest BCUT2D eigenvalue weighted by Crippen LogP contribution is -2.36. The number of hydrogen-bond donors (Lipinski definition) is 4. The van der Waals surface area contributed by atoms with E-state index in [4.69, 9.17) is 10.5 Å². The van der Waals surface area contributed by atoms with Gasteiger partial charge in [-0.25, -0.2) is 9.78 Å². The lowest BCUT2D eigenvalue weighted by Gasteiger charge is -2.20. The Kier molecular flexibility index (Phi) is 6.20. The van der Waals surface area contributed by atoms with Gasteiger partial charge < -0.3 is 26.0 Å². The van der Waals surface area contributed by atoms with Crippen molar-refractivity contribution in [1.29, 1.82) is 0 Å². The van der Waals surface area contributed by atoms with Crippen molar-refractivity contribution in [2.24, 2.45) is 0 Å². The summed E-state index contributed by atoms with van der Waals surface area (Å²) in [7, 11) is 0. The zero-order valence-corrected chi connectivity index (χ0v) is 17.4. The average molecular weight is 450 g/mol. The molecule has 10 nitrogen and oxygen atoms in total. The zero-order valence-electron chi connectivity index (χ0n) is 17.4. The number of pyridine rings is 1. The molecule has 0 saturated heterocycles. The molecule has 1 aliphatic rings. The van der Waals surface area contributed by atoms with Crippen molar-refractivity contribution in [3.8, 4) is 11.1 Å². The number of hydrogen-bond acceptors (Lipinski definition) is 8. The molecule has 1 amide bonds. The van der Waals surface area contributed by atoms with E-state index in [1.54, 1.807) is 0 Å². The summed E-state index contributed by atoms with van der Waals surface area (Å²) in [5, 5.41) is 33.9. The fourth-order valence-electron chi connectivity index (χ4n) is 3.97. The monoisotopic (exact) mass is 450 g/mol. The van der Waals surface area contributed by atoms with Gasteiger partial charge in [0.25, 0.3) is 5.69 Å². The Bertz CT molecular complexity index is 1160. The van der Waals surface area contributed by atoms with E-state index in [0.717, 1.165) is 34.5 Å². The maximum Gasteiger partial charge on any atom is 0.407 e. The van der Waals surface area contributed by atoms with Crippen LogP contribution in [0.1, 0.15) is 28.7 Å². The van der Waals surface area contributed by atoms with Crippen LogP contribution in [0.3, 0.4) is 0 Å². The molecule has 0 bridgehead atoms. The number of anilines is 1. The third-order valence-electron chi connectivity index (χ3n) is 5.63. The van der Waals surface area contributed by atoms with E-state index < -0.39 is 23.2 Å². The fraction of sp³-hybridized carbons (Fsp3) is 0.217.